The van der Waals surface area contributed by atoms with Crippen LogP contribution < -0.4 is 0 Å². The van der Waals surface area contributed by atoms with E-state index in [-0.39, 0.29) is 11.0 Å². The maximum atomic E-state index is 13.2. The lowest BCUT2D eigenvalue weighted by atomic mass is 9.88. The minimum atomic E-state index is -0.892. The molecule has 1 fully saturated rings. The van der Waals surface area contributed by atoms with Gasteiger partial charge >= 0.3 is 5.97 Å². The Morgan fingerprint density at radius 3 is 2.03 bits per heavy atom. The molecule has 3 aromatic carbocycles. The Labute approximate surface area is 185 Å². The van der Waals surface area contributed by atoms with E-state index in [4.69, 9.17) is 11.6 Å². The summed E-state index contributed by atoms with van der Waals surface area (Å²) in [6, 6.07) is 24.7. The number of carbonyl (C=O) groups excluding carboxylic acids is 1. The summed E-state index contributed by atoms with van der Waals surface area (Å²) >= 11 is 7.51. The van der Waals surface area contributed by atoms with Crippen LogP contribution in [0.5, 0.6) is 0 Å². The van der Waals surface area contributed by atoms with Crippen LogP contribution in [0.3, 0.4) is 0 Å². The van der Waals surface area contributed by atoms with Crippen LogP contribution in [-0.4, -0.2) is 22.1 Å². The molecule has 3 unspecified atom stereocenters. The second-order valence-corrected chi connectivity index (χ2v) is 9.21. The molecule has 0 heterocycles. The van der Waals surface area contributed by atoms with Crippen molar-refractivity contribution in [3.63, 3.8) is 0 Å². The van der Waals surface area contributed by atoms with Crippen LogP contribution in [0.25, 0.3) is 11.1 Å². The molecule has 0 amide bonds. The summed E-state index contributed by atoms with van der Waals surface area (Å²) in [5, 5.41) is 10.4. The molecule has 5 heteroatoms. The SMILES string of the molecule is O=C(c1ccc(-c2ccc(Cl)cc2)cc1)C1CCC(Sc2ccccc2)C1C(=O)O. The van der Waals surface area contributed by atoms with Crippen molar-refractivity contribution in [2.75, 3.05) is 0 Å². The van der Waals surface area contributed by atoms with Gasteiger partial charge in [-0.25, -0.2) is 0 Å². The molecule has 30 heavy (non-hydrogen) atoms. The van der Waals surface area contributed by atoms with Gasteiger partial charge < -0.3 is 5.11 Å². The summed E-state index contributed by atoms with van der Waals surface area (Å²) < 4.78 is 0. The number of halogens is 1. The molecule has 0 spiro atoms. The normalized spacial score (nSPS) is 20.8. The third-order valence-corrected chi connectivity index (χ3v) is 7.22. The number of ketones is 1. The zero-order valence-electron chi connectivity index (χ0n) is 16.2. The van der Waals surface area contributed by atoms with Crippen molar-refractivity contribution < 1.29 is 14.7 Å². The second-order valence-electron chi connectivity index (χ2n) is 7.47. The molecule has 4 rings (SSSR count). The first-order valence-corrected chi connectivity index (χ1v) is 11.1. The molecule has 152 valence electrons. The average Bonchev–Trinajstić information content (AvgIpc) is 3.18. The van der Waals surface area contributed by atoms with Crippen LogP contribution in [0.15, 0.2) is 83.8 Å². The fourth-order valence-corrected chi connectivity index (χ4v) is 5.57. The van der Waals surface area contributed by atoms with Crippen molar-refractivity contribution in [1.82, 2.24) is 0 Å². The average molecular weight is 437 g/mol. The minimum absolute atomic E-state index is 0.0822. The zero-order chi connectivity index (χ0) is 21.1. The van der Waals surface area contributed by atoms with E-state index in [9.17, 15) is 14.7 Å². The van der Waals surface area contributed by atoms with E-state index in [1.165, 1.54) is 0 Å². The van der Waals surface area contributed by atoms with Crippen molar-refractivity contribution in [3.8, 4) is 11.1 Å². The topological polar surface area (TPSA) is 54.4 Å². The Bertz CT molecular complexity index is 1030. The molecule has 0 aliphatic heterocycles. The van der Waals surface area contributed by atoms with Crippen LogP contribution in [-0.2, 0) is 4.79 Å². The second kappa shape index (κ2) is 9.07. The van der Waals surface area contributed by atoms with Gasteiger partial charge in [-0.15, -0.1) is 11.8 Å². The molecule has 1 N–H and O–H groups in total. The summed E-state index contributed by atoms with van der Waals surface area (Å²) in [5.74, 6) is -2.15. The number of rotatable bonds is 6. The van der Waals surface area contributed by atoms with Gasteiger partial charge in [-0.3, -0.25) is 9.59 Å². The first-order valence-electron chi connectivity index (χ1n) is 9.87. The molecule has 0 saturated heterocycles. The molecular formula is C25H21ClO3S. The predicted octanol–water partition coefficient (Wildman–Crippen LogP) is 6.46. The highest BCUT2D eigenvalue weighted by Gasteiger charge is 2.45. The van der Waals surface area contributed by atoms with Crippen LogP contribution in [0.4, 0.5) is 0 Å². The number of thioether (sulfide) groups is 1. The van der Waals surface area contributed by atoms with E-state index in [2.05, 4.69) is 0 Å². The zero-order valence-corrected chi connectivity index (χ0v) is 17.8. The first-order chi connectivity index (χ1) is 14.5. The van der Waals surface area contributed by atoms with Gasteiger partial charge in [0, 0.05) is 26.6 Å². The van der Waals surface area contributed by atoms with Gasteiger partial charge in [0.05, 0.1) is 5.92 Å². The molecule has 1 aliphatic rings. The maximum absolute atomic E-state index is 13.2. The van der Waals surface area contributed by atoms with Gasteiger partial charge in [0.2, 0.25) is 0 Å². The number of benzene rings is 3. The summed E-state index contributed by atoms with van der Waals surface area (Å²) in [5.41, 5.74) is 2.57. The van der Waals surface area contributed by atoms with Gasteiger partial charge in [-0.05, 0) is 48.2 Å². The lowest BCUT2D eigenvalue weighted by Crippen LogP contribution is -2.30. The molecule has 1 saturated carbocycles. The highest BCUT2D eigenvalue weighted by atomic mass is 35.5. The predicted molar refractivity (Wildman–Crippen MR) is 121 cm³/mol. The van der Waals surface area contributed by atoms with Crippen molar-refractivity contribution in [2.45, 2.75) is 23.0 Å². The molecule has 0 aromatic heterocycles. The maximum Gasteiger partial charge on any atom is 0.308 e. The van der Waals surface area contributed by atoms with E-state index < -0.39 is 17.8 Å². The molecule has 0 radical (unpaired) electrons. The van der Waals surface area contributed by atoms with Gasteiger partial charge in [-0.1, -0.05) is 66.2 Å². The number of carbonyl (C=O) groups is 2. The summed E-state index contributed by atoms with van der Waals surface area (Å²) in [4.78, 5) is 26.2. The number of hydrogen-bond donors (Lipinski definition) is 1. The quantitative estimate of drug-likeness (QED) is 0.450. The number of carboxylic acids is 1. The minimum Gasteiger partial charge on any atom is -0.481 e. The monoisotopic (exact) mass is 436 g/mol. The first kappa shape index (κ1) is 20.7. The van der Waals surface area contributed by atoms with Crippen molar-refractivity contribution in [3.05, 3.63) is 89.4 Å². The number of Topliss-reactive ketones (excluding diaryl/α,β-unsaturated/α-hetero) is 1. The van der Waals surface area contributed by atoms with Crippen molar-refractivity contribution >= 4 is 35.1 Å². The largest absolute Gasteiger partial charge is 0.481 e. The smallest absolute Gasteiger partial charge is 0.308 e. The van der Waals surface area contributed by atoms with Crippen LogP contribution >= 0.6 is 23.4 Å². The third-order valence-electron chi connectivity index (χ3n) is 5.60. The molecule has 3 atom stereocenters. The van der Waals surface area contributed by atoms with E-state index in [1.807, 2.05) is 66.7 Å². The fraction of sp³-hybridized carbons (Fsp3) is 0.200. The van der Waals surface area contributed by atoms with E-state index in [0.717, 1.165) is 22.4 Å². The summed E-state index contributed by atoms with van der Waals surface area (Å²) in [6.07, 6.45) is 1.31. The Morgan fingerprint density at radius 1 is 0.833 bits per heavy atom. The van der Waals surface area contributed by atoms with Crippen LogP contribution in [0.2, 0.25) is 5.02 Å². The summed E-state index contributed by atoms with van der Waals surface area (Å²) in [6.45, 7) is 0. The molecule has 3 nitrogen and oxygen atoms in total. The standard InChI is InChI=1S/C25H21ClO3S/c26-19-12-10-17(11-13-19)16-6-8-18(9-7-16)24(27)21-14-15-22(23(21)25(28)29)30-20-4-2-1-3-5-20/h1-13,21-23H,14-15H2,(H,28,29). The van der Waals surface area contributed by atoms with Gasteiger partial charge in [0.25, 0.3) is 0 Å². The van der Waals surface area contributed by atoms with E-state index in [0.29, 0.717) is 17.0 Å². The van der Waals surface area contributed by atoms with Gasteiger partial charge in [0.15, 0.2) is 5.78 Å². The Hall–Kier alpha value is -2.56. The van der Waals surface area contributed by atoms with Crippen LogP contribution in [0.1, 0.15) is 23.2 Å². The summed E-state index contributed by atoms with van der Waals surface area (Å²) in [7, 11) is 0. The third kappa shape index (κ3) is 4.45. The van der Waals surface area contributed by atoms with E-state index >= 15 is 0 Å². The Morgan fingerprint density at radius 2 is 1.43 bits per heavy atom. The van der Waals surface area contributed by atoms with E-state index in [1.54, 1.807) is 23.9 Å². The Kier molecular flexibility index (Phi) is 6.26. The lowest BCUT2D eigenvalue weighted by molar-refractivity contribution is -0.142. The fourth-order valence-electron chi connectivity index (χ4n) is 4.08. The highest BCUT2D eigenvalue weighted by Crippen LogP contribution is 2.44. The van der Waals surface area contributed by atoms with Crippen molar-refractivity contribution in [2.24, 2.45) is 11.8 Å². The molecule has 3 aromatic rings. The number of hydrogen-bond acceptors (Lipinski definition) is 3. The van der Waals surface area contributed by atoms with Gasteiger partial charge in [-0.2, -0.15) is 0 Å². The van der Waals surface area contributed by atoms with Crippen molar-refractivity contribution in [1.29, 1.82) is 0 Å². The lowest BCUT2D eigenvalue weighted by Gasteiger charge is -2.20. The Balaban J connectivity index is 1.51. The van der Waals surface area contributed by atoms with Gasteiger partial charge in [0.1, 0.15) is 0 Å². The molecule has 0 bridgehead atoms. The molecular weight excluding hydrogens is 416 g/mol. The molecule has 1 aliphatic carbocycles. The highest BCUT2D eigenvalue weighted by molar-refractivity contribution is 8.00. The van der Waals surface area contributed by atoms with Crippen LogP contribution in [0, 0.1) is 11.8 Å². The number of aliphatic carboxylic acids is 1. The number of carboxylic acid groups (broad SMARTS) is 1.